The molecule has 1 saturated carbocycles. The maximum atomic E-state index is 15.6. The lowest BCUT2D eigenvalue weighted by atomic mass is 9.97. The van der Waals surface area contributed by atoms with E-state index in [2.05, 4.69) is 15.0 Å². The van der Waals surface area contributed by atoms with Crippen LogP contribution < -0.4 is 9.64 Å². The van der Waals surface area contributed by atoms with E-state index in [0.29, 0.717) is 54.4 Å². The molecular formula is C35H36F2N4O4. The van der Waals surface area contributed by atoms with Gasteiger partial charge in [-0.15, -0.1) is 0 Å². The zero-order chi connectivity index (χ0) is 31.6. The molecule has 4 aromatic rings. The summed E-state index contributed by atoms with van der Waals surface area (Å²) < 4.78 is 43.5. The number of aromatic nitrogens is 3. The van der Waals surface area contributed by atoms with Crippen molar-refractivity contribution in [1.82, 2.24) is 14.8 Å². The summed E-state index contributed by atoms with van der Waals surface area (Å²) in [5, 5.41) is 14.7. The highest BCUT2D eigenvalue weighted by Crippen LogP contribution is 2.61. The molecule has 3 atom stereocenters. The molecule has 45 heavy (non-hydrogen) atoms. The topological polar surface area (TPSA) is 89.7 Å². The van der Waals surface area contributed by atoms with Gasteiger partial charge in [-0.2, -0.15) is 5.10 Å². The summed E-state index contributed by atoms with van der Waals surface area (Å²) in [5.41, 5.74) is 5.91. The summed E-state index contributed by atoms with van der Waals surface area (Å²) in [6.45, 7) is 8.93. The van der Waals surface area contributed by atoms with E-state index in [9.17, 15) is 9.90 Å². The summed E-state index contributed by atoms with van der Waals surface area (Å²) in [4.78, 5) is 18.7. The van der Waals surface area contributed by atoms with Gasteiger partial charge in [-0.25, -0.2) is 13.8 Å². The fourth-order valence-corrected chi connectivity index (χ4v) is 6.97. The van der Waals surface area contributed by atoms with Gasteiger partial charge in [-0.1, -0.05) is 0 Å². The number of carbonyl (C=O) groups excluding carboxylic acids is 1. The van der Waals surface area contributed by atoms with Crippen LogP contribution in [0.2, 0.25) is 0 Å². The third-order valence-corrected chi connectivity index (χ3v) is 9.09. The van der Waals surface area contributed by atoms with Gasteiger partial charge in [-0.05, 0) is 92.6 Å². The number of esters is 1. The molecule has 0 unspecified atom stereocenters. The van der Waals surface area contributed by atoms with Crippen molar-refractivity contribution in [3.05, 3.63) is 93.9 Å². The zero-order valence-electron chi connectivity index (χ0n) is 25.8. The molecule has 2 aromatic heterocycles. The van der Waals surface area contributed by atoms with Crippen LogP contribution in [0.5, 0.6) is 5.88 Å². The number of rotatable bonds is 9. The minimum absolute atomic E-state index is 0.0571. The number of aryl methyl sites for hydroxylation is 1. The van der Waals surface area contributed by atoms with Crippen LogP contribution in [-0.4, -0.2) is 38.0 Å². The summed E-state index contributed by atoms with van der Waals surface area (Å²) in [6.07, 6.45) is 4.46. The summed E-state index contributed by atoms with van der Waals surface area (Å²) in [7, 11) is 0. The number of nitrogens with zero attached hydrogens (tertiary/aromatic N) is 4. The number of aliphatic hydroxyl groups is 1. The summed E-state index contributed by atoms with van der Waals surface area (Å²) >= 11 is 0. The minimum Gasteiger partial charge on any atom is -0.473 e. The molecule has 10 heteroatoms. The first kappa shape index (κ1) is 29.4. The fraction of sp³-hybridized carbons (Fsp3) is 0.400. The first-order chi connectivity index (χ1) is 21.5. The second-order valence-electron chi connectivity index (χ2n) is 13.1. The maximum absolute atomic E-state index is 15.6. The van der Waals surface area contributed by atoms with E-state index in [4.69, 9.17) is 9.47 Å². The Balaban J connectivity index is 1.03. The molecule has 3 heterocycles. The summed E-state index contributed by atoms with van der Waals surface area (Å²) in [5.74, 6) is -0.256. The van der Waals surface area contributed by atoms with Gasteiger partial charge in [0.05, 0.1) is 36.9 Å². The summed E-state index contributed by atoms with van der Waals surface area (Å²) in [6, 6.07) is 10.0. The number of anilines is 1. The number of pyridine rings is 1. The van der Waals surface area contributed by atoms with E-state index in [0.717, 1.165) is 34.5 Å². The fourth-order valence-electron chi connectivity index (χ4n) is 6.97. The Morgan fingerprint density at radius 1 is 1.09 bits per heavy atom. The van der Waals surface area contributed by atoms with E-state index in [-0.39, 0.29) is 30.3 Å². The van der Waals surface area contributed by atoms with Crippen molar-refractivity contribution in [3.8, 4) is 17.0 Å². The van der Waals surface area contributed by atoms with Gasteiger partial charge < -0.3 is 19.5 Å². The van der Waals surface area contributed by atoms with Crippen LogP contribution in [0.3, 0.4) is 0 Å². The van der Waals surface area contributed by atoms with Gasteiger partial charge in [0.1, 0.15) is 18.2 Å². The predicted octanol–water partition coefficient (Wildman–Crippen LogP) is 5.85. The highest BCUT2D eigenvalue weighted by atomic mass is 19.1. The molecule has 0 spiro atoms. The van der Waals surface area contributed by atoms with Crippen LogP contribution in [0.1, 0.15) is 60.2 Å². The van der Waals surface area contributed by atoms with E-state index >= 15 is 8.78 Å². The minimum atomic E-state index is -0.862. The van der Waals surface area contributed by atoms with E-state index in [1.165, 1.54) is 12.1 Å². The second kappa shape index (κ2) is 10.9. The van der Waals surface area contributed by atoms with Gasteiger partial charge >= 0.3 is 5.97 Å². The number of benzene rings is 2. The molecule has 2 aromatic carbocycles. The first-order valence-electron chi connectivity index (χ1n) is 15.4. The van der Waals surface area contributed by atoms with Gasteiger partial charge in [0.15, 0.2) is 0 Å². The molecule has 0 bridgehead atoms. The number of fused-ring (bicyclic) bond motifs is 4. The quantitative estimate of drug-likeness (QED) is 0.237. The normalized spacial score (nSPS) is 19.7. The van der Waals surface area contributed by atoms with Gasteiger partial charge in [0.25, 0.3) is 0 Å². The van der Waals surface area contributed by atoms with Crippen molar-refractivity contribution in [3.63, 3.8) is 0 Å². The average Bonchev–Trinajstić information content (AvgIpc) is 3.19. The average molecular weight is 615 g/mol. The number of halogens is 2. The lowest BCUT2D eigenvalue weighted by Gasteiger charge is -2.20. The monoisotopic (exact) mass is 614 g/mol. The smallest absolute Gasteiger partial charge is 0.309 e. The molecule has 0 amide bonds. The standard InChI is InChI=1S/C35H36F2N4O4/c1-5-44-34(42)33-26-9-20-11-31(38-13-27(20)32(26)33)45-17-21-10-25(19(2)8-28(21)36)24-7-6-23(12-29(24)37)40-14-22-15-41(18-35(3,4)43)39-30(22)16-40/h6-8,10-13,15,26,32-33,43H,5,9,14,16-18H2,1-4H3/t26-,32-,33+/m1/s1. The molecule has 2 aliphatic carbocycles. The Morgan fingerprint density at radius 2 is 1.91 bits per heavy atom. The van der Waals surface area contributed by atoms with E-state index in [1.807, 2.05) is 25.3 Å². The molecule has 234 valence electrons. The van der Waals surface area contributed by atoms with Crippen molar-refractivity contribution < 1.29 is 28.2 Å². The molecule has 7 rings (SSSR count). The van der Waals surface area contributed by atoms with E-state index < -0.39 is 17.2 Å². The van der Waals surface area contributed by atoms with Crippen LogP contribution in [0, 0.1) is 30.4 Å². The lowest BCUT2D eigenvalue weighted by molar-refractivity contribution is -0.145. The van der Waals surface area contributed by atoms with Crippen LogP contribution >= 0.6 is 0 Å². The van der Waals surface area contributed by atoms with Crippen LogP contribution in [0.25, 0.3) is 11.1 Å². The molecular weight excluding hydrogens is 578 g/mol. The third kappa shape index (κ3) is 5.56. The van der Waals surface area contributed by atoms with Crippen LogP contribution in [0.4, 0.5) is 14.5 Å². The van der Waals surface area contributed by atoms with Gasteiger partial charge in [0.2, 0.25) is 5.88 Å². The van der Waals surface area contributed by atoms with Gasteiger partial charge in [0, 0.05) is 53.3 Å². The zero-order valence-corrected chi connectivity index (χ0v) is 25.8. The number of hydrogen-bond acceptors (Lipinski definition) is 7. The first-order valence-corrected chi connectivity index (χ1v) is 15.4. The van der Waals surface area contributed by atoms with Crippen molar-refractivity contribution in [1.29, 1.82) is 0 Å². The van der Waals surface area contributed by atoms with Crippen LogP contribution in [-0.2, 0) is 42.2 Å². The maximum Gasteiger partial charge on any atom is 0.309 e. The molecule has 1 fully saturated rings. The molecule has 8 nitrogen and oxygen atoms in total. The molecule has 1 N–H and O–H groups in total. The number of ether oxygens (including phenoxy) is 2. The van der Waals surface area contributed by atoms with Gasteiger partial charge in [-0.3, -0.25) is 9.48 Å². The SMILES string of the molecule is CCOC(=O)[C@H]1[C@@H]2Cc3cc(OCc4cc(-c5ccc(N6Cc7cn(CC(C)(C)O)nc7C6)cc5F)c(C)cc4F)ncc3[C@@H]21. The van der Waals surface area contributed by atoms with Crippen molar-refractivity contribution in [2.45, 2.75) is 71.9 Å². The predicted molar refractivity (Wildman–Crippen MR) is 164 cm³/mol. The molecule has 0 radical (unpaired) electrons. The Hall–Kier alpha value is -4.31. The Morgan fingerprint density at radius 3 is 2.64 bits per heavy atom. The van der Waals surface area contributed by atoms with E-state index in [1.54, 1.807) is 43.8 Å². The largest absolute Gasteiger partial charge is 0.473 e. The lowest BCUT2D eigenvalue weighted by Crippen LogP contribution is -2.27. The van der Waals surface area contributed by atoms with Crippen molar-refractivity contribution in [2.75, 3.05) is 11.5 Å². The van der Waals surface area contributed by atoms with Crippen molar-refractivity contribution in [2.24, 2.45) is 11.8 Å². The third-order valence-electron chi connectivity index (χ3n) is 9.09. The Kier molecular flexibility index (Phi) is 7.15. The molecule has 0 saturated heterocycles. The Bertz CT molecular complexity index is 1790. The van der Waals surface area contributed by atoms with Crippen molar-refractivity contribution >= 4 is 11.7 Å². The second-order valence-corrected chi connectivity index (χ2v) is 13.1. The number of hydrogen-bond donors (Lipinski definition) is 1. The number of carbonyl (C=O) groups is 1. The molecule has 1 aliphatic heterocycles. The highest BCUT2D eigenvalue weighted by molar-refractivity contribution is 5.79. The van der Waals surface area contributed by atoms with Crippen LogP contribution in [0.15, 0.2) is 48.8 Å². The Labute approximate surface area is 260 Å². The highest BCUT2D eigenvalue weighted by Gasteiger charge is 2.60. The molecule has 3 aliphatic rings.